The Morgan fingerprint density at radius 2 is 2.21 bits per heavy atom. The van der Waals surface area contributed by atoms with Crippen LogP contribution in [0.15, 0.2) is 30.3 Å². The number of carbonyl (C=O) groups excluding carboxylic acids is 1. The minimum Gasteiger partial charge on any atom is -0.445 e. The van der Waals surface area contributed by atoms with Gasteiger partial charge < -0.3 is 15.0 Å². The molecule has 0 aliphatic carbocycles. The monoisotopic (exact) mass is 262 g/mol. The maximum absolute atomic E-state index is 12.0. The van der Waals surface area contributed by atoms with Gasteiger partial charge in [0.25, 0.3) is 0 Å². The normalized spacial score (nSPS) is 18.3. The van der Waals surface area contributed by atoms with Crippen LogP contribution in [-0.2, 0) is 11.3 Å². The number of likely N-dealkylation sites (N-methyl/N-ethyl adjacent to an activating group) is 1. The molecule has 1 saturated heterocycles. The Balaban J connectivity index is 1.79. The van der Waals surface area contributed by atoms with Crippen LogP contribution in [0.1, 0.15) is 25.3 Å². The van der Waals surface area contributed by atoms with Crippen LogP contribution in [0.5, 0.6) is 0 Å². The average Bonchev–Trinajstić information content (AvgIpc) is 2.96. The van der Waals surface area contributed by atoms with Crippen LogP contribution in [0.3, 0.4) is 0 Å². The molecule has 0 saturated carbocycles. The zero-order valence-electron chi connectivity index (χ0n) is 11.5. The molecule has 1 aromatic rings. The van der Waals surface area contributed by atoms with Crippen molar-refractivity contribution in [2.24, 2.45) is 0 Å². The van der Waals surface area contributed by atoms with Gasteiger partial charge in [-0.15, -0.1) is 0 Å². The lowest BCUT2D eigenvalue weighted by molar-refractivity contribution is 0.0951. The van der Waals surface area contributed by atoms with Crippen LogP contribution in [0.4, 0.5) is 4.79 Å². The van der Waals surface area contributed by atoms with Crippen LogP contribution < -0.4 is 5.32 Å². The number of benzene rings is 1. The second-order valence-electron chi connectivity index (χ2n) is 4.87. The van der Waals surface area contributed by atoms with Gasteiger partial charge in [-0.2, -0.15) is 0 Å². The van der Waals surface area contributed by atoms with E-state index < -0.39 is 0 Å². The van der Waals surface area contributed by atoms with Gasteiger partial charge in [0.2, 0.25) is 0 Å². The summed E-state index contributed by atoms with van der Waals surface area (Å²) in [5.41, 5.74) is 1.02. The topological polar surface area (TPSA) is 41.6 Å². The Labute approximate surface area is 114 Å². The SMILES string of the molecule is CCN(C[C@H]1CCCN1)C(=O)OCc1ccccc1. The van der Waals surface area contributed by atoms with E-state index in [1.165, 1.54) is 6.42 Å². The van der Waals surface area contributed by atoms with Crippen LogP contribution in [0, 0.1) is 0 Å². The van der Waals surface area contributed by atoms with Gasteiger partial charge in [-0.05, 0) is 31.9 Å². The lowest BCUT2D eigenvalue weighted by Crippen LogP contribution is -2.41. The molecule has 1 atom stereocenters. The molecule has 0 bridgehead atoms. The quantitative estimate of drug-likeness (QED) is 0.886. The molecule has 4 heteroatoms. The molecule has 1 aliphatic rings. The fourth-order valence-electron chi connectivity index (χ4n) is 2.32. The first kappa shape index (κ1) is 13.9. The molecule has 19 heavy (non-hydrogen) atoms. The molecule has 0 aromatic heterocycles. The van der Waals surface area contributed by atoms with Crippen molar-refractivity contribution in [3.8, 4) is 0 Å². The highest BCUT2D eigenvalue weighted by molar-refractivity contribution is 5.67. The van der Waals surface area contributed by atoms with E-state index in [1.807, 2.05) is 37.3 Å². The zero-order chi connectivity index (χ0) is 13.5. The first-order chi connectivity index (χ1) is 9.29. The second kappa shape index (κ2) is 7.14. The number of carbonyl (C=O) groups is 1. The van der Waals surface area contributed by atoms with Gasteiger partial charge in [0.15, 0.2) is 0 Å². The Morgan fingerprint density at radius 3 is 2.84 bits per heavy atom. The van der Waals surface area contributed by atoms with Gasteiger partial charge in [-0.25, -0.2) is 4.79 Å². The van der Waals surface area contributed by atoms with E-state index in [0.717, 1.165) is 25.1 Å². The molecule has 1 fully saturated rings. The fraction of sp³-hybridized carbons (Fsp3) is 0.533. The van der Waals surface area contributed by atoms with Gasteiger partial charge in [0, 0.05) is 19.1 Å². The van der Waals surface area contributed by atoms with Crippen molar-refractivity contribution in [3.63, 3.8) is 0 Å². The van der Waals surface area contributed by atoms with Crippen LogP contribution >= 0.6 is 0 Å². The molecule has 1 heterocycles. The van der Waals surface area contributed by atoms with Crippen molar-refractivity contribution < 1.29 is 9.53 Å². The third-order valence-corrected chi connectivity index (χ3v) is 3.45. The maximum atomic E-state index is 12.0. The number of nitrogens with zero attached hydrogens (tertiary/aromatic N) is 1. The van der Waals surface area contributed by atoms with Gasteiger partial charge >= 0.3 is 6.09 Å². The van der Waals surface area contributed by atoms with E-state index in [0.29, 0.717) is 19.2 Å². The highest BCUT2D eigenvalue weighted by atomic mass is 16.6. The fourth-order valence-corrected chi connectivity index (χ4v) is 2.32. The van der Waals surface area contributed by atoms with Crippen molar-refractivity contribution in [1.29, 1.82) is 0 Å². The molecule has 0 spiro atoms. The maximum Gasteiger partial charge on any atom is 0.410 e. The van der Waals surface area contributed by atoms with E-state index in [1.54, 1.807) is 4.90 Å². The van der Waals surface area contributed by atoms with Gasteiger partial charge in [-0.3, -0.25) is 0 Å². The standard InChI is InChI=1S/C15H22N2O2/c1-2-17(11-14-9-6-10-16-14)15(18)19-12-13-7-4-3-5-8-13/h3-5,7-8,14,16H,2,6,9-12H2,1H3/t14-/m1/s1. The van der Waals surface area contributed by atoms with E-state index in [2.05, 4.69) is 5.32 Å². The summed E-state index contributed by atoms with van der Waals surface area (Å²) in [6, 6.07) is 10.2. The summed E-state index contributed by atoms with van der Waals surface area (Å²) in [5, 5.41) is 3.40. The molecule has 104 valence electrons. The predicted molar refractivity (Wildman–Crippen MR) is 74.9 cm³/mol. The van der Waals surface area contributed by atoms with Crippen molar-refractivity contribution in [2.75, 3.05) is 19.6 Å². The highest BCUT2D eigenvalue weighted by Crippen LogP contribution is 2.09. The average molecular weight is 262 g/mol. The van der Waals surface area contributed by atoms with E-state index >= 15 is 0 Å². The van der Waals surface area contributed by atoms with Crippen molar-refractivity contribution in [3.05, 3.63) is 35.9 Å². The minimum absolute atomic E-state index is 0.222. The summed E-state index contributed by atoms with van der Waals surface area (Å²) in [5.74, 6) is 0. The lowest BCUT2D eigenvalue weighted by atomic mass is 10.2. The van der Waals surface area contributed by atoms with Crippen molar-refractivity contribution in [1.82, 2.24) is 10.2 Å². The highest BCUT2D eigenvalue weighted by Gasteiger charge is 2.21. The molecule has 2 rings (SSSR count). The third-order valence-electron chi connectivity index (χ3n) is 3.45. The first-order valence-electron chi connectivity index (χ1n) is 6.98. The van der Waals surface area contributed by atoms with E-state index in [4.69, 9.17) is 4.74 Å². The molecule has 1 aliphatic heterocycles. The van der Waals surface area contributed by atoms with Crippen LogP contribution in [0.25, 0.3) is 0 Å². The Bertz CT molecular complexity index is 388. The summed E-state index contributed by atoms with van der Waals surface area (Å²) in [6.07, 6.45) is 2.11. The third kappa shape index (κ3) is 4.24. The largest absolute Gasteiger partial charge is 0.445 e. The van der Waals surface area contributed by atoms with Crippen molar-refractivity contribution >= 4 is 6.09 Å². The molecule has 1 N–H and O–H groups in total. The number of hydrogen-bond donors (Lipinski definition) is 1. The summed E-state index contributed by atoms with van der Waals surface area (Å²) in [4.78, 5) is 13.8. The Hall–Kier alpha value is -1.55. The van der Waals surface area contributed by atoms with E-state index in [9.17, 15) is 4.79 Å². The Kier molecular flexibility index (Phi) is 5.21. The number of hydrogen-bond acceptors (Lipinski definition) is 3. The summed E-state index contributed by atoms with van der Waals surface area (Å²) in [7, 11) is 0. The van der Waals surface area contributed by atoms with Crippen molar-refractivity contribution in [2.45, 2.75) is 32.4 Å². The van der Waals surface area contributed by atoms with Gasteiger partial charge in [-0.1, -0.05) is 30.3 Å². The van der Waals surface area contributed by atoms with Gasteiger partial charge in [0.05, 0.1) is 0 Å². The second-order valence-corrected chi connectivity index (χ2v) is 4.87. The first-order valence-corrected chi connectivity index (χ1v) is 6.98. The predicted octanol–water partition coefficient (Wildman–Crippen LogP) is 2.40. The summed E-state index contributed by atoms with van der Waals surface area (Å²) >= 11 is 0. The molecular formula is C15H22N2O2. The molecule has 0 unspecified atom stereocenters. The summed E-state index contributed by atoms with van der Waals surface area (Å²) < 4.78 is 5.35. The number of ether oxygens (including phenoxy) is 1. The number of nitrogens with one attached hydrogen (secondary N) is 1. The summed E-state index contributed by atoms with van der Waals surface area (Å²) in [6.45, 7) is 4.81. The van der Waals surface area contributed by atoms with E-state index in [-0.39, 0.29) is 6.09 Å². The smallest absolute Gasteiger partial charge is 0.410 e. The number of rotatable bonds is 5. The van der Waals surface area contributed by atoms with Crippen LogP contribution in [-0.4, -0.2) is 36.7 Å². The number of amides is 1. The molecule has 4 nitrogen and oxygen atoms in total. The molecule has 1 aromatic carbocycles. The Morgan fingerprint density at radius 1 is 1.42 bits per heavy atom. The zero-order valence-corrected chi connectivity index (χ0v) is 11.5. The minimum atomic E-state index is -0.222. The molecular weight excluding hydrogens is 240 g/mol. The van der Waals surface area contributed by atoms with Gasteiger partial charge in [0.1, 0.15) is 6.61 Å². The lowest BCUT2D eigenvalue weighted by Gasteiger charge is -2.23. The molecule has 0 radical (unpaired) electrons. The van der Waals surface area contributed by atoms with Crippen LogP contribution in [0.2, 0.25) is 0 Å². The molecule has 1 amide bonds.